The minimum atomic E-state index is -4.60. The molecule has 15 heteroatoms. The topological polar surface area (TPSA) is 132 Å². The minimum absolute atomic E-state index is 0.216. The number of hydrogen-bond donors (Lipinski definition) is 2. The van der Waals surface area contributed by atoms with Gasteiger partial charge in [0, 0.05) is 61.6 Å². The Labute approximate surface area is 238 Å². The van der Waals surface area contributed by atoms with Gasteiger partial charge >= 0.3 is 6.18 Å². The number of halogens is 3. The van der Waals surface area contributed by atoms with E-state index in [2.05, 4.69) is 35.1 Å². The van der Waals surface area contributed by atoms with Gasteiger partial charge in [-0.1, -0.05) is 6.07 Å². The largest absolute Gasteiger partial charge is 0.416 e. The van der Waals surface area contributed by atoms with Crippen molar-refractivity contribution in [1.82, 2.24) is 29.3 Å². The van der Waals surface area contributed by atoms with Crippen LogP contribution in [-0.2, 0) is 35.5 Å². The normalized spacial score (nSPS) is 13.8. The fraction of sp³-hybridized carbons (Fsp3) is 0.222. The average molecular weight is 596 g/mol. The molecule has 216 valence electrons. The van der Waals surface area contributed by atoms with Crippen LogP contribution in [0.3, 0.4) is 0 Å². The summed E-state index contributed by atoms with van der Waals surface area (Å²) in [5.41, 5.74) is 2.59. The van der Waals surface area contributed by atoms with E-state index in [-0.39, 0.29) is 17.0 Å². The average Bonchev–Trinajstić information content (AvgIpc) is 3.58. The summed E-state index contributed by atoms with van der Waals surface area (Å²) in [6.45, 7) is 3.22. The van der Waals surface area contributed by atoms with Crippen LogP contribution in [0.2, 0.25) is 0 Å². The van der Waals surface area contributed by atoms with Gasteiger partial charge in [-0.2, -0.15) is 28.2 Å². The number of alkyl halides is 3. The molecule has 1 aromatic carbocycles. The molecule has 42 heavy (non-hydrogen) atoms. The third-order valence-electron chi connectivity index (χ3n) is 6.69. The number of anilines is 2. The molecule has 0 spiro atoms. The Bertz CT molecular complexity index is 1970. The van der Waals surface area contributed by atoms with Crippen LogP contribution in [-0.4, -0.2) is 44.3 Å². The van der Waals surface area contributed by atoms with Crippen LogP contribution < -0.4 is 15.7 Å². The van der Waals surface area contributed by atoms with Gasteiger partial charge in [-0.25, -0.2) is 13.4 Å². The number of aryl methyl sites for hydroxylation is 2. The lowest BCUT2D eigenvalue weighted by Crippen LogP contribution is -2.18. The number of rotatable bonds is 6. The number of nitrogens with one attached hydrogen (secondary N) is 2. The van der Waals surface area contributed by atoms with Crippen molar-refractivity contribution in [1.29, 1.82) is 0 Å². The SMILES string of the molecule is Cc1ccc(NS(=O)(=O)Cc2cc(C(F)(F)F)ccn2)cc1-c1cc2cnc(=Nc3ccn(C)n3)nc-2n2c1NCC2. The molecular formula is C27H24F3N9O2S. The number of aromatic nitrogens is 6. The highest BCUT2D eigenvalue weighted by molar-refractivity contribution is 7.91. The van der Waals surface area contributed by atoms with Crippen molar-refractivity contribution >= 4 is 27.3 Å². The fourth-order valence-electron chi connectivity index (χ4n) is 4.80. The van der Waals surface area contributed by atoms with E-state index in [0.717, 1.165) is 46.4 Å². The van der Waals surface area contributed by atoms with Crippen LogP contribution in [0.15, 0.2) is 66.0 Å². The highest BCUT2D eigenvalue weighted by atomic mass is 32.2. The molecule has 2 aromatic heterocycles. The first-order valence-corrected chi connectivity index (χ1v) is 14.4. The number of sulfonamides is 1. The van der Waals surface area contributed by atoms with E-state index in [9.17, 15) is 21.6 Å². The predicted octanol–water partition coefficient (Wildman–Crippen LogP) is 4.11. The van der Waals surface area contributed by atoms with E-state index in [4.69, 9.17) is 0 Å². The van der Waals surface area contributed by atoms with E-state index < -0.39 is 27.5 Å². The lowest BCUT2D eigenvalue weighted by molar-refractivity contribution is -0.137. The molecule has 5 heterocycles. The van der Waals surface area contributed by atoms with E-state index in [1.165, 1.54) is 0 Å². The van der Waals surface area contributed by atoms with Crippen LogP contribution in [0.4, 0.5) is 30.5 Å². The molecule has 2 N–H and O–H groups in total. The number of pyridine rings is 2. The molecule has 3 aliphatic heterocycles. The lowest BCUT2D eigenvalue weighted by Gasteiger charge is -2.19. The molecule has 0 fully saturated rings. The van der Waals surface area contributed by atoms with Gasteiger partial charge < -0.3 is 9.88 Å². The molecule has 11 nitrogen and oxygen atoms in total. The number of fused-ring (bicyclic) bond motifs is 3. The molecule has 0 amide bonds. The van der Waals surface area contributed by atoms with Gasteiger partial charge in [0.25, 0.3) is 5.62 Å². The summed E-state index contributed by atoms with van der Waals surface area (Å²) in [7, 11) is -2.28. The summed E-state index contributed by atoms with van der Waals surface area (Å²) < 4.78 is 71.2. The van der Waals surface area contributed by atoms with Gasteiger partial charge in [-0.05, 0) is 48.4 Å². The Hall–Kier alpha value is -4.79. The Morgan fingerprint density at radius 1 is 1.10 bits per heavy atom. The fourth-order valence-corrected chi connectivity index (χ4v) is 5.91. The van der Waals surface area contributed by atoms with Gasteiger partial charge in [-0.3, -0.25) is 14.4 Å². The van der Waals surface area contributed by atoms with Gasteiger partial charge in [-0.15, -0.1) is 0 Å². The molecule has 3 aliphatic rings. The first kappa shape index (κ1) is 27.4. The Kier molecular flexibility index (Phi) is 6.68. The van der Waals surface area contributed by atoms with Crippen LogP contribution in [0.1, 0.15) is 16.8 Å². The molecule has 0 radical (unpaired) electrons. The van der Waals surface area contributed by atoms with Crippen molar-refractivity contribution < 1.29 is 21.6 Å². The third kappa shape index (κ3) is 5.54. The van der Waals surface area contributed by atoms with Crippen molar-refractivity contribution in [3.05, 3.63) is 83.5 Å². The maximum Gasteiger partial charge on any atom is 0.416 e. The number of benzene rings is 1. The van der Waals surface area contributed by atoms with Crippen molar-refractivity contribution in [3.63, 3.8) is 0 Å². The van der Waals surface area contributed by atoms with Crippen molar-refractivity contribution in [2.24, 2.45) is 12.0 Å². The van der Waals surface area contributed by atoms with Crippen LogP contribution in [0.5, 0.6) is 0 Å². The van der Waals surface area contributed by atoms with Crippen LogP contribution in [0.25, 0.3) is 22.5 Å². The first-order valence-electron chi connectivity index (χ1n) is 12.8. The molecule has 0 aliphatic carbocycles. The van der Waals surface area contributed by atoms with Crippen LogP contribution in [0, 0.1) is 6.92 Å². The minimum Gasteiger partial charge on any atom is -0.369 e. The molecule has 0 saturated carbocycles. The van der Waals surface area contributed by atoms with Gasteiger partial charge in [0.2, 0.25) is 10.0 Å². The van der Waals surface area contributed by atoms with E-state index in [1.807, 2.05) is 17.6 Å². The highest BCUT2D eigenvalue weighted by Gasteiger charge is 2.31. The molecule has 0 bridgehead atoms. The zero-order valence-electron chi connectivity index (χ0n) is 22.4. The zero-order valence-corrected chi connectivity index (χ0v) is 23.2. The standard InChI is InChI=1S/C27H24F3N9O2S/c1-16-3-4-19(37-42(40,41)15-20-12-18(5-7-31-20)27(28,29)30)13-21(16)22-11-17-14-33-26(34-23-6-9-38(2)36-23)35-24(17)39-10-8-32-25(22)39/h3-7,9,11-14,32,37H,8,10,15H2,1-2H3. The van der Waals surface area contributed by atoms with Crippen molar-refractivity contribution in [3.8, 4) is 22.5 Å². The molecule has 3 aromatic rings. The first-order chi connectivity index (χ1) is 19.9. The van der Waals surface area contributed by atoms with E-state index >= 15 is 0 Å². The second-order valence-corrected chi connectivity index (χ2v) is 11.5. The van der Waals surface area contributed by atoms with Crippen molar-refractivity contribution in [2.75, 3.05) is 16.6 Å². The number of hydrogen-bond acceptors (Lipinski definition) is 8. The smallest absolute Gasteiger partial charge is 0.369 e. The Balaban J connectivity index is 1.34. The van der Waals surface area contributed by atoms with Gasteiger partial charge in [0.15, 0.2) is 5.82 Å². The molecule has 0 unspecified atom stereocenters. The molecular weight excluding hydrogens is 571 g/mol. The summed E-state index contributed by atoms with van der Waals surface area (Å²) in [6.07, 6.45) is -0.195. The summed E-state index contributed by atoms with van der Waals surface area (Å²) >= 11 is 0. The quantitative estimate of drug-likeness (QED) is 0.302. The Morgan fingerprint density at radius 3 is 2.69 bits per heavy atom. The maximum atomic E-state index is 13.1. The summed E-state index contributed by atoms with van der Waals surface area (Å²) in [5, 5.41) is 7.64. The third-order valence-corrected chi connectivity index (χ3v) is 7.91. The predicted molar refractivity (Wildman–Crippen MR) is 149 cm³/mol. The monoisotopic (exact) mass is 595 g/mol. The van der Waals surface area contributed by atoms with Gasteiger partial charge in [0.1, 0.15) is 17.4 Å². The van der Waals surface area contributed by atoms with E-state index in [0.29, 0.717) is 24.7 Å². The Morgan fingerprint density at radius 2 is 1.93 bits per heavy atom. The molecule has 0 saturated heterocycles. The summed E-state index contributed by atoms with van der Waals surface area (Å²) in [5.74, 6) is 1.27. The summed E-state index contributed by atoms with van der Waals surface area (Å²) in [6, 6.07) is 10.3. The van der Waals surface area contributed by atoms with Crippen molar-refractivity contribution in [2.45, 2.75) is 25.4 Å². The molecule has 6 rings (SSSR count). The summed E-state index contributed by atoms with van der Waals surface area (Å²) in [4.78, 5) is 17.3. The number of nitrogens with zero attached hydrogens (tertiary/aromatic N) is 7. The second kappa shape index (κ2) is 10.2. The van der Waals surface area contributed by atoms with Crippen LogP contribution >= 0.6 is 0 Å². The van der Waals surface area contributed by atoms with Gasteiger partial charge in [0.05, 0.1) is 11.3 Å². The zero-order chi connectivity index (χ0) is 29.6. The lowest BCUT2D eigenvalue weighted by atomic mass is 9.98. The maximum absolute atomic E-state index is 13.1. The van der Waals surface area contributed by atoms with E-state index in [1.54, 1.807) is 48.4 Å². The molecule has 0 atom stereocenters. The second-order valence-electron chi connectivity index (χ2n) is 9.82. The highest BCUT2D eigenvalue weighted by Crippen LogP contribution is 2.39.